The number of hydrogen-bond donors (Lipinski definition) is 2. The lowest BCUT2D eigenvalue weighted by molar-refractivity contribution is 0.102. The van der Waals surface area contributed by atoms with Gasteiger partial charge >= 0.3 is 0 Å². The number of aromatic nitrogens is 2. The molecule has 0 aliphatic heterocycles. The first kappa shape index (κ1) is 14.1. The molecule has 0 radical (unpaired) electrons. The summed E-state index contributed by atoms with van der Waals surface area (Å²) in [6.07, 6.45) is 1.93. The topological polar surface area (TPSA) is 57.8 Å². The zero-order valence-electron chi connectivity index (χ0n) is 10.3. The van der Waals surface area contributed by atoms with E-state index in [1.807, 2.05) is 6.07 Å². The average molecular weight is 343 g/mol. The maximum absolute atomic E-state index is 12.0. The van der Waals surface area contributed by atoms with E-state index in [0.717, 1.165) is 23.0 Å². The van der Waals surface area contributed by atoms with Crippen LogP contribution in [0.5, 0.6) is 0 Å². The SMILES string of the molecule is CCCc1cc(NC(=O)c2ccc(Br)cc2Cl)n[nH]1. The Morgan fingerprint density at radius 3 is 2.95 bits per heavy atom. The minimum absolute atomic E-state index is 0.271. The smallest absolute Gasteiger partial charge is 0.258 e. The molecule has 19 heavy (non-hydrogen) atoms. The van der Waals surface area contributed by atoms with Crippen molar-refractivity contribution in [2.45, 2.75) is 19.8 Å². The van der Waals surface area contributed by atoms with Gasteiger partial charge in [0.1, 0.15) is 0 Å². The molecule has 0 fully saturated rings. The Labute approximate surface area is 124 Å². The number of amides is 1. The van der Waals surface area contributed by atoms with Crippen LogP contribution in [0.1, 0.15) is 29.4 Å². The minimum atomic E-state index is -0.271. The minimum Gasteiger partial charge on any atom is -0.305 e. The van der Waals surface area contributed by atoms with E-state index < -0.39 is 0 Å². The molecule has 0 saturated carbocycles. The van der Waals surface area contributed by atoms with Crippen molar-refractivity contribution in [1.29, 1.82) is 0 Å². The lowest BCUT2D eigenvalue weighted by atomic mass is 10.2. The van der Waals surface area contributed by atoms with Crippen molar-refractivity contribution < 1.29 is 4.79 Å². The number of H-pyrrole nitrogens is 1. The molecule has 4 nitrogen and oxygen atoms in total. The number of hydrogen-bond acceptors (Lipinski definition) is 2. The predicted octanol–water partition coefficient (Wildman–Crippen LogP) is 4.03. The van der Waals surface area contributed by atoms with E-state index in [1.54, 1.807) is 18.2 Å². The number of nitrogens with zero attached hydrogens (tertiary/aromatic N) is 1. The molecule has 0 saturated heterocycles. The third-order valence-electron chi connectivity index (χ3n) is 2.57. The Bertz CT molecular complexity index is 597. The summed E-state index contributed by atoms with van der Waals surface area (Å²) in [6.45, 7) is 2.08. The van der Waals surface area contributed by atoms with Crippen LogP contribution in [-0.4, -0.2) is 16.1 Å². The van der Waals surface area contributed by atoms with E-state index in [2.05, 4.69) is 38.4 Å². The molecule has 0 bridgehead atoms. The Kier molecular flexibility index (Phi) is 4.61. The van der Waals surface area contributed by atoms with Crippen molar-refractivity contribution in [3.63, 3.8) is 0 Å². The molecular weight excluding hydrogens is 330 g/mol. The first-order valence-corrected chi connectivity index (χ1v) is 7.08. The highest BCUT2D eigenvalue weighted by molar-refractivity contribution is 9.10. The van der Waals surface area contributed by atoms with Crippen molar-refractivity contribution >= 4 is 39.3 Å². The van der Waals surface area contributed by atoms with Crippen LogP contribution in [0.25, 0.3) is 0 Å². The number of aromatic amines is 1. The van der Waals surface area contributed by atoms with E-state index >= 15 is 0 Å². The zero-order chi connectivity index (χ0) is 13.8. The quantitative estimate of drug-likeness (QED) is 0.881. The highest BCUT2D eigenvalue weighted by Crippen LogP contribution is 2.22. The maximum Gasteiger partial charge on any atom is 0.258 e. The molecule has 1 aromatic carbocycles. The summed E-state index contributed by atoms with van der Waals surface area (Å²) in [7, 11) is 0. The molecule has 2 rings (SSSR count). The third-order valence-corrected chi connectivity index (χ3v) is 3.37. The summed E-state index contributed by atoms with van der Waals surface area (Å²) in [5, 5.41) is 10.0. The average Bonchev–Trinajstić information content (AvgIpc) is 2.76. The molecule has 2 N–H and O–H groups in total. The van der Waals surface area contributed by atoms with Gasteiger partial charge < -0.3 is 5.32 Å². The number of nitrogens with one attached hydrogen (secondary N) is 2. The second-order valence-corrected chi connectivity index (χ2v) is 5.43. The fourth-order valence-electron chi connectivity index (χ4n) is 1.68. The molecule has 0 atom stereocenters. The summed E-state index contributed by atoms with van der Waals surface area (Å²) in [5.41, 5.74) is 1.42. The summed E-state index contributed by atoms with van der Waals surface area (Å²) < 4.78 is 0.832. The second-order valence-electron chi connectivity index (χ2n) is 4.11. The number of anilines is 1. The Hall–Kier alpha value is -1.33. The monoisotopic (exact) mass is 341 g/mol. The van der Waals surface area contributed by atoms with Crippen LogP contribution in [0.3, 0.4) is 0 Å². The predicted molar refractivity (Wildman–Crippen MR) is 79.7 cm³/mol. The Morgan fingerprint density at radius 2 is 2.26 bits per heavy atom. The van der Waals surface area contributed by atoms with Crippen molar-refractivity contribution in [3.8, 4) is 0 Å². The molecule has 0 spiro atoms. The molecular formula is C13H13BrClN3O. The standard InChI is InChI=1S/C13H13BrClN3O/c1-2-3-9-7-12(18-17-9)16-13(19)10-5-4-8(14)6-11(10)15/h4-7H,2-3H2,1H3,(H2,16,17,18,19). The van der Waals surface area contributed by atoms with Crippen LogP contribution in [0.4, 0.5) is 5.82 Å². The van der Waals surface area contributed by atoms with E-state index in [4.69, 9.17) is 11.6 Å². The highest BCUT2D eigenvalue weighted by Gasteiger charge is 2.12. The fraction of sp³-hybridized carbons (Fsp3) is 0.231. The number of benzene rings is 1. The normalized spacial score (nSPS) is 10.5. The van der Waals surface area contributed by atoms with Gasteiger partial charge in [0.15, 0.2) is 5.82 Å². The van der Waals surface area contributed by atoms with Gasteiger partial charge in [0.05, 0.1) is 10.6 Å². The first-order chi connectivity index (χ1) is 9.10. The van der Waals surface area contributed by atoms with E-state index in [0.29, 0.717) is 16.4 Å². The summed E-state index contributed by atoms with van der Waals surface area (Å²) in [5.74, 6) is 0.236. The summed E-state index contributed by atoms with van der Waals surface area (Å²) in [4.78, 5) is 12.0. The summed E-state index contributed by atoms with van der Waals surface area (Å²) >= 11 is 9.33. The Morgan fingerprint density at radius 1 is 1.47 bits per heavy atom. The third kappa shape index (κ3) is 3.58. The molecule has 6 heteroatoms. The van der Waals surface area contributed by atoms with Gasteiger partial charge in [-0.05, 0) is 24.6 Å². The van der Waals surface area contributed by atoms with Crippen molar-refractivity contribution in [3.05, 3.63) is 45.0 Å². The number of aryl methyl sites for hydroxylation is 1. The van der Waals surface area contributed by atoms with Crippen molar-refractivity contribution in [1.82, 2.24) is 10.2 Å². The van der Waals surface area contributed by atoms with Crippen LogP contribution in [-0.2, 0) is 6.42 Å². The summed E-state index contributed by atoms with van der Waals surface area (Å²) in [6, 6.07) is 6.95. The van der Waals surface area contributed by atoms with Gasteiger partial charge in [0, 0.05) is 16.2 Å². The molecule has 100 valence electrons. The number of carbonyl (C=O) groups is 1. The van der Waals surface area contributed by atoms with Gasteiger partial charge in [0.2, 0.25) is 0 Å². The van der Waals surface area contributed by atoms with Gasteiger partial charge in [-0.2, -0.15) is 5.10 Å². The van der Waals surface area contributed by atoms with E-state index in [-0.39, 0.29) is 5.91 Å². The van der Waals surface area contributed by atoms with Crippen LogP contribution in [0.15, 0.2) is 28.7 Å². The molecule has 0 unspecified atom stereocenters. The number of rotatable bonds is 4. The Balaban J connectivity index is 2.11. The lowest BCUT2D eigenvalue weighted by Gasteiger charge is -2.04. The van der Waals surface area contributed by atoms with Crippen LogP contribution in [0, 0.1) is 0 Å². The van der Waals surface area contributed by atoms with E-state index in [1.165, 1.54) is 0 Å². The van der Waals surface area contributed by atoms with Crippen LogP contribution in [0.2, 0.25) is 5.02 Å². The van der Waals surface area contributed by atoms with Crippen LogP contribution >= 0.6 is 27.5 Å². The number of carbonyl (C=O) groups excluding carboxylic acids is 1. The molecule has 2 aromatic rings. The highest BCUT2D eigenvalue weighted by atomic mass is 79.9. The molecule has 1 aromatic heterocycles. The lowest BCUT2D eigenvalue weighted by Crippen LogP contribution is -2.12. The number of halogens is 2. The van der Waals surface area contributed by atoms with Gasteiger partial charge in [-0.1, -0.05) is 40.9 Å². The second kappa shape index (κ2) is 6.21. The van der Waals surface area contributed by atoms with Crippen molar-refractivity contribution in [2.75, 3.05) is 5.32 Å². The van der Waals surface area contributed by atoms with Crippen LogP contribution < -0.4 is 5.32 Å². The zero-order valence-corrected chi connectivity index (χ0v) is 12.7. The largest absolute Gasteiger partial charge is 0.305 e. The maximum atomic E-state index is 12.0. The van der Waals surface area contributed by atoms with Gasteiger partial charge in [-0.25, -0.2) is 0 Å². The van der Waals surface area contributed by atoms with Gasteiger partial charge in [0.25, 0.3) is 5.91 Å². The molecule has 1 amide bonds. The molecule has 0 aliphatic carbocycles. The molecule has 0 aliphatic rings. The first-order valence-electron chi connectivity index (χ1n) is 5.91. The van der Waals surface area contributed by atoms with Crippen molar-refractivity contribution in [2.24, 2.45) is 0 Å². The van der Waals surface area contributed by atoms with Gasteiger partial charge in [-0.3, -0.25) is 9.89 Å². The molecule has 1 heterocycles. The fourth-order valence-corrected chi connectivity index (χ4v) is 2.44. The van der Waals surface area contributed by atoms with E-state index in [9.17, 15) is 4.79 Å². The van der Waals surface area contributed by atoms with Gasteiger partial charge in [-0.15, -0.1) is 0 Å².